The highest BCUT2D eigenvalue weighted by Crippen LogP contribution is 2.18. The Balaban J connectivity index is 1.79. The molecule has 1 unspecified atom stereocenters. The van der Waals surface area contributed by atoms with Gasteiger partial charge in [0.25, 0.3) is 0 Å². The molecule has 116 valence electrons. The second kappa shape index (κ2) is 8.80. The van der Waals surface area contributed by atoms with Crippen LogP contribution in [0.5, 0.6) is 0 Å². The molecule has 1 aromatic rings. The molecule has 1 fully saturated rings. The van der Waals surface area contributed by atoms with E-state index in [1.54, 1.807) is 0 Å². The Labute approximate surface area is 126 Å². The highest BCUT2D eigenvalue weighted by molar-refractivity contribution is 5.78. The van der Waals surface area contributed by atoms with Gasteiger partial charge in [-0.05, 0) is 24.8 Å². The second-order valence-corrected chi connectivity index (χ2v) is 5.76. The first kappa shape index (κ1) is 16.0. The number of amides is 1. The largest absolute Gasteiger partial charge is 0.396 e. The van der Waals surface area contributed by atoms with Crippen LogP contribution in [0.1, 0.15) is 50.1 Å². The van der Waals surface area contributed by atoms with Crippen molar-refractivity contribution in [3.05, 3.63) is 35.9 Å². The van der Waals surface area contributed by atoms with Crippen LogP contribution < -0.4 is 10.6 Å². The molecule has 4 heteroatoms. The molecule has 1 aliphatic rings. The van der Waals surface area contributed by atoms with Crippen LogP contribution in [0.25, 0.3) is 0 Å². The van der Waals surface area contributed by atoms with Crippen LogP contribution in [0.2, 0.25) is 0 Å². The van der Waals surface area contributed by atoms with Crippen LogP contribution >= 0.6 is 0 Å². The lowest BCUT2D eigenvalue weighted by molar-refractivity contribution is -0.121. The average Bonchev–Trinajstić information content (AvgIpc) is 2.53. The number of rotatable bonds is 7. The molecular weight excluding hydrogens is 264 g/mol. The van der Waals surface area contributed by atoms with Crippen molar-refractivity contribution < 1.29 is 9.90 Å². The molecular formula is C17H26N2O2. The summed E-state index contributed by atoms with van der Waals surface area (Å²) in [4.78, 5) is 12.0. The number of aliphatic hydroxyl groups is 1. The molecule has 1 aliphatic carbocycles. The van der Waals surface area contributed by atoms with Crippen LogP contribution in [0, 0.1) is 0 Å². The van der Waals surface area contributed by atoms with Gasteiger partial charge in [-0.2, -0.15) is 0 Å². The molecule has 0 bridgehead atoms. The first-order valence-electron chi connectivity index (χ1n) is 7.98. The Kier molecular flexibility index (Phi) is 6.70. The predicted molar refractivity (Wildman–Crippen MR) is 83.9 cm³/mol. The maximum atomic E-state index is 12.0. The fourth-order valence-corrected chi connectivity index (χ4v) is 2.94. The van der Waals surface area contributed by atoms with E-state index in [0.717, 1.165) is 18.4 Å². The minimum absolute atomic E-state index is 0.0216. The van der Waals surface area contributed by atoms with Gasteiger partial charge in [-0.15, -0.1) is 0 Å². The van der Waals surface area contributed by atoms with Crippen molar-refractivity contribution in [2.45, 2.75) is 50.6 Å². The van der Waals surface area contributed by atoms with E-state index >= 15 is 0 Å². The highest BCUT2D eigenvalue weighted by atomic mass is 16.3. The van der Waals surface area contributed by atoms with Crippen molar-refractivity contribution in [2.75, 3.05) is 13.2 Å². The van der Waals surface area contributed by atoms with Crippen molar-refractivity contribution in [1.29, 1.82) is 0 Å². The molecule has 0 saturated heterocycles. The smallest absolute Gasteiger partial charge is 0.234 e. The van der Waals surface area contributed by atoms with Crippen LogP contribution in [0.4, 0.5) is 0 Å². The third kappa shape index (κ3) is 5.48. The number of carbonyl (C=O) groups excluding carboxylic acids is 1. The zero-order valence-electron chi connectivity index (χ0n) is 12.6. The van der Waals surface area contributed by atoms with Crippen molar-refractivity contribution >= 4 is 5.91 Å². The summed E-state index contributed by atoms with van der Waals surface area (Å²) < 4.78 is 0. The standard InChI is InChI=1S/C17H26N2O2/c20-12-11-16(14-7-3-1-4-8-14)18-13-17(21)19-15-9-5-2-6-10-15/h1,3-4,7-8,15-16,18,20H,2,5-6,9-13H2,(H,19,21). The van der Waals surface area contributed by atoms with Crippen molar-refractivity contribution in [2.24, 2.45) is 0 Å². The predicted octanol–water partition coefficient (Wildman–Crippen LogP) is 2.15. The molecule has 0 radical (unpaired) electrons. The normalized spacial score (nSPS) is 17.4. The lowest BCUT2D eigenvalue weighted by atomic mass is 9.95. The summed E-state index contributed by atoms with van der Waals surface area (Å²) >= 11 is 0. The lowest BCUT2D eigenvalue weighted by Gasteiger charge is -2.24. The number of aliphatic hydroxyl groups excluding tert-OH is 1. The van der Waals surface area contributed by atoms with Gasteiger partial charge in [0.1, 0.15) is 0 Å². The summed E-state index contributed by atoms with van der Waals surface area (Å²) in [6.45, 7) is 0.410. The maximum absolute atomic E-state index is 12.0. The van der Waals surface area contributed by atoms with E-state index in [1.165, 1.54) is 19.3 Å². The summed E-state index contributed by atoms with van der Waals surface area (Å²) in [5.41, 5.74) is 1.11. The van der Waals surface area contributed by atoms with Crippen molar-refractivity contribution in [1.82, 2.24) is 10.6 Å². The van der Waals surface area contributed by atoms with Gasteiger partial charge >= 0.3 is 0 Å². The van der Waals surface area contributed by atoms with Gasteiger partial charge in [-0.3, -0.25) is 4.79 Å². The zero-order chi connectivity index (χ0) is 14.9. The Hall–Kier alpha value is -1.39. The zero-order valence-corrected chi connectivity index (χ0v) is 12.6. The molecule has 0 aromatic heterocycles. The number of carbonyl (C=O) groups is 1. The first-order valence-corrected chi connectivity index (χ1v) is 7.98. The number of hydrogen-bond acceptors (Lipinski definition) is 3. The summed E-state index contributed by atoms with van der Waals surface area (Å²) in [5.74, 6) is 0.0563. The molecule has 2 rings (SSSR count). The van der Waals surface area contributed by atoms with Gasteiger partial charge in [0, 0.05) is 18.7 Å². The quantitative estimate of drug-likeness (QED) is 0.721. The Morgan fingerprint density at radius 1 is 1.19 bits per heavy atom. The first-order chi connectivity index (χ1) is 10.3. The SMILES string of the molecule is O=C(CNC(CCO)c1ccccc1)NC1CCCCC1. The van der Waals surface area contributed by atoms with Gasteiger partial charge in [0.2, 0.25) is 5.91 Å². The molecule has 0 aliphatic heterocycles. The Morgan fingerprint density at radius 2 is 1.90 bits per heavy atom. The van der Waals surface area contributed by atoms with Crippen LogP contribution in [0.3, 0.4) is 0 Å². The second-order valence-electron chi connectivity index (χ2n) is 5.76. The minimum Gasteiger partial charge on any atom is -0.396 e. The summed E-state index contributed by atoms with van der Waals surface area (Å²) in [6, 6.07) is 10.3. The van der Waals surface area contributed by atoms with Crippen LogP contribution in [-0.2, 0) is 4.79 Å². The van der Waals surface area contributed by atoms with E-state index in [2.05, 4.69) is 10.6 Å². The molecule has 4 nitrogen and oxygen atoms in total. The maximum Gasteiger partial charge on any atom is 0.234 e. The van der Waals surface area contributed by atoms with E-state index in [1.807, 2.05) is 30.3 Å². The molecule has 1 amide bonds. The minimum atomic E-state index is 0.0216. The third-order valence-electron chi connectivity index (χ3n) is 4.10. The van der Waals surface area contributed by atoms with E-state index < -0.39 is 0 Å². The number of hydrogen-bond donors (Lipinski definition) is 3. The molecule has 0 spiro atoms. The molecule has 1 aromatic carbocycles. The lowest BCUT2D eigenvalue weighted by Crippen LogP contribution is -2.42. The highest BCUT2D eigenvalue weighted by Gasteiger charge is 2.17. The molecule has 0 heterocycles. The number of benzene rings is 1. The van der Waals surface area contributed by atoms with Gasteiger partial charge in [-0.25, -0.2) is 0 Å². The van der Waals surface area contributed by atoms with Crippen molar-refractivity contribution in [3.8, 4) is 0 Å². The van der Waals surface area contributed by atoms with Crippen LogP contribution in [-0.4, -0.2) is 30.2 Å². The number of nitrogens with one attached hydrogen (secondary N) is 2. The summed E-state index contributed by atoms with van der Waals surface area (Å²) in [7, 11) is 0. The molecule has 3 N–H and O–H groups in total. The molecule has 21 heavy (non-hydrogen) atoms. The topological polar surface area (TPSA) is 61.4 Å². The Morgan fingerprint density at radius 3 is 2.57 bits per heavy atom. The van der Waals surface area contributed by atoms with Gasteiger partial charge in [0.05, 0.1) is 6.54 Å². The Bertz CT molecular complexity index is 416. The fourth-order valence-electron chi connectivity index (χ4n) is 2.94. The van der Waals surface area contributed by atoms with Gasteiger partial charge < -0.3 is 15.7 Å². The van der Waals surface area contributed by atoms with Crippen LogP contribution in [0.15, 0.2) is 30.3 Å². The molecule has 1 saturated carbocycles. The fraction of sp³-hybridized carbons (Fsp3) is 0.588. The summed E-state index contributed by atoms with van der Waals surface area (Å²) in [6.07, 6.45) is 6.54. The van der Waals surface area contributed by atoms with Gasteiger partial charge in [0.15, 0.2) is 0 Å². The van der Waals surface area contributed by atoms with E-state index in [4.69, 9.17) is 0 Å². The monoisotopic (exact) mass is 290 g/mol. The molecule has 1 atom stereocenters. The van der Waals surface area contributed by atoms with E-state index in [-0.39, 0.29) is 18.6 Å². The van der Waals surface area contributed by atoms with E-state index in [0.29, 0.717) is 19.0 Å². The van der Waals surface area contributed by atoms with Gasteiger partial charge in [-0.1, -0.05) is 49.6 Å². The van der Waals surface area contributed by atoms with Crippen molar-refractivity contribution in [3.63, 3.8) is 0 Å². The average molecular weight is 290 g/mol. The van der Waals surface area contributed by atoms with E-state index in [9.17, 15) is 9.90 Å². The third-order valence-corrected chi connectivity index (χ3v) is 4.10. The summed E-state index contributed by atoms with van der Waals surface area (Å²) in [5, 5.41) is 15.5.